The average Bonchev–Trinajstić information content (AvgIpc) is 3.44. The Kier molecular flexibility index (Phi) is 5.58. The number of halogens is 1. The van der Waals surface area contributed by atoms with Gasteiger partial charge in [0, 0.05) is 30.8 Å². The third kappa shape index (κ3) is 3.86. The summed E-state index contributed by atoms with van der Waals surface area (Å²) in [6.45, 7) is 3.87. The van der Waals surface area contributed by atoms with Crippen molar-refractivity contribution >= 4 is 10.9 Å². The number of benzene rings is 2. The molecule has 4 aromatic rings. The number of hydrogen-bond donors (Lipinski definition) is 1. The highest BCUT2D eigenvalue weighted by Crippen LogP contribution is 2.36. The molecule has 2 aromatic carbocycles. The molecule has 2 aromatic heterocycles. The number of rotatable bonds is 6. The third-order valence-electron chi connectivity index (χ3n) is 5.86. The van der Waals surface area contributed by atoms with Crippen molar-refractivity contribution in [3.63, 3.8) is 0 Å². The first-order valence-corrected chi connectivity index (χ1v) is 10.7. The molecule has 1 atom stereocenters. The molecule has 0 spiro atoms. The Balaban J connectivity index is 1.54. The topological polar surface area (TPSA) is 85.1 Å². The molecular weight excluding hydrogens is 423 g/mol. The number of aromatic amines is 1. The second-order valence-corrected chi connectivity index (χ2v) is 7.97. The van der Waals surface area contributed by atoms with E-state index in [4.69, 9.17) is 19.2 Å². The van der Waals surface area contributed by atoms with Crippen molar-refractivity contribution < 1.29 is 18.6 Å². The summed E-state index contributed by atoms with van der Waals surface area (Å²) in [5.74, 6) is 1.04. The highest BCUT2D eigenvalue weighted by Gasteiger charge is 2.27. The first-order chi connectivity index (χ1) is 16.1. The number of fused-ring (bicyclic) bond motifs is 2. The molecule has 168 valence electrons. The summed E-state index contributed by atoms with van der Waals surface area (Å²) in [5, 5.41) is 10.3. The maximum Gasteiger partial charge on any atom is 0.146 e. The van der Waals surface area contributed by atoms with Gasteiger partial charge >= 0.3 is 0 Å². The summed E-state index contributed by atoms with van der Waals surface area (Å²) < 4.78 is 32.7. The van der Waals surface area contributed by atoms with Crippen LogP contribution in [-0.4, -0.2) is 41.5 Å². The average molecular weight is 446 g/mol. The molecule has 1 aliphatic rings. The molecule has 5 rings (SSSR count). The van der Waals surface area contributed by atoms with E-state index in [2.05, 4.69) is 15.6 Å². The third-order valence-corrected chi connectivity index (χ3v) is 5.86. The van der Waals surface area contributed by atoms with E-state index in [-0.39, 0.29) is 11.9 Å². The fourth-order valence-corrected chi connectivity index (χ4v) is 4.24. The van der Waals surface area contributed by atoms with Gasteiger partial charge in [-0.3, -0.25) is 0 Å². The van der Waals surface area contributed by atoms with Crippen LogP contribution >= 0.6 is 0 Å². The lowest BCUT2D eigenvalue weighted by Crippen LogP contribution is -2.23. The van der Waals surface area contributed by atoms with Gasteiger partial charge in [-0.15, -0.1) is 0 Å². The molecule has 0 saturated heterocycles. The van der Waals surface area contributed by atoms with Crippen LogP contribution in [0.5, 0.6) is 5.75 Å². The summed E-state index contributed by atoms with van der Waals surface area (Å²) >= 11 is 0. The lowest BCUT2D eigenvalue weighted by atomic mass is 10.0. The molecule has 1 N–H and O–H groups in total. The molecule has 7 nitrogen and oxygen atoms in total. The Morgan fingerprint density at radius 1 is 1.27 bits per heavy atom. The molecule has 0 bridgehead atoms. The number of H-pyrrole nitrogens is 1. The Labute approximate surface area is 190 Å². The fourth-order valence-electron chi connectivity index (χ4n) is 4.24. The minimum absolute atomic E-state index is 0.269. The van der Waals surface area contributed by atoms with Crippen molar-refractivity contribution in [1.29, 1.82) is 5.26 Å². The summed E-state index contributed by atoms with van der Waals surface area (Å²) in [6.07, 6.45) is 1.63. The van der Waals surface area contributed by atoms with E-state index in [0.717, 1.165) is 39.2 Å². The highest BCUT2D eigenvalue weighted by atomic mass is 19.1. The van der Waals surface area contributed by atoms with Gasteiger partial charge in [-0.25, -0.2) is 9.37 Å². The number of aryl methyl sites for hydroxylation is 1. The minimum atomic E-state index is -0.365. The Morgan fingerprint density at radius 3 is 2.94 bits per heavy atom. The monoisotopic (exact) mass is 446 g/mol. The number of methoxy groups -OCH3 is 1. The molecule has 0 saturated carbocycles. The van der Waals surface area contributed by atoms with Crippen LogP contribution < -0.4 is 4.74 Å². The first-order valence-electron chi connectivity index (χ1n) is 10.7. The second-order valence-electron chi connectivity index (χ2n) is 7.97. The van der Waals surface area contributed by atoms with E-state index >= 15 is 0 Å². The normalized spacial score (nSPS) is 15.4. The molecule has 0 aliphatic carbocycles. The van der Waals surface area contributed by atoms with Crippen LogP contribution in [0.1, 0.15) is 28.6 Å². The van der Waals surface area contributed by atoms with E-state index in [1.807, 2.05) is 25.3 Å². The van der Waals surface area contributed by atoms with Gasteiger partial charge in [0.2, 0.25) is 0 Å². The van der Waals surface area contributed by atoms with Crippen LogP contribution in [0.3, 0.4) is 0 Å². The van der Waals surface area contributed by atoms with Crippen molar-refractivity contribution in [2.24, 2.45) is 0 Å². The zero-order valence-corrected chi connectivity index (χ0v) is 18.4. The molecule has 0 fully saturated rings. The number of nitriles is 1. The SMILES string of the molecule is COCCOc1c(C#N)ccc2[nH]c(-c3cn4c(n3)C(c3ccc(F)cc3C)OCC4)cc12. The van der Waals surface area contributed by atoms with E-state index in [0.29, 0.717) is 37.7 Å². The zero-order chi connectivity index (χ0) is 22.9. The number of nitrogens with one attached hydrogen (secondary N) is 1. The molecular formula is C25H23FN4O3. The van der Waals surface area contributed by atoms with Crippen molar-refractivity contribution in [3.8, 4) is 23.2 Å². The quantitative estimate of drug-likeness (QED) is 0.441. The van der Waals surface area contributed by atoms with Gasteiger partial charge in [-0.1, -0.05) is 6.07 Å². The van der Waals surface area contributed by atoms with Crippen molar-refractivity contribution in [3.05, 3.63) is 70.9 Å². The minimum Gasteiger partial charge on any atom is -0.489 e. The van der Waals surface area contributed by atoms with Crippen LogP contribution in [-0.2, 0) is 16.0 Å². The van der Waals surface area contributed by atoms with Crippen molar-refractivity contribution in [1.82, 2.24) is 14.5 Å². The van der Waals surface area contributed by atoms with Crippen LogP contribution in [0.15, 0.2) is 42.6 Å². The summed E-state index contributed by atoms with van der Waals surface area (Å²) in [4.78, 5) is 8.26. The molecule has 8 heteroatoms. The van der Waals surface area contributed by atoms with Gasteiger partial charge in [-0.2, -0.15) is 5.26 Å². The summed E-state index contributed by atoms with van der Waals surface area (Å²) in [7, 11) is 1.61. The lowest BCUT2D eigenvalue weighted by molar-refractivity contribution is 0.0426. The summed E-state index contributed by atoms with van der Waals surface area (Å²) in [5.41, 5.74) is 4.62. The smallest absolute Gasteiger partial charge is 0.146 e. The second kappa shape index (κ2) is 8.70. The van der Waals surface area contributed by atoms with Crippen molar-refractivity contribution in [2.75, 3.05) is 26.9 Å². The van der Waals surface area contributed by atoms with Gasteiger partial charge in [-0.05, 0) is 48.4 Å². The van der Waals surface area contributed by atoms with E-state index < -0.39 is 0 Å². The molecule has 3 heterocycles. The van der Waals surface area contributed by atoms with Gasteiger partial charge in [0.05, 0.1) is 24.5 Å². The Bertz CT molecular complexity index is 1370. The maximum absolute atomic E-state index is 13.6. The van der Waals surface area contributed by atoms with Gasteiger partial charge in [0.15, 0.2) is 0 Å². The zero-order valence-electron chi connectivity index (χ0n) is 18.4. The Hall–Kier alpha value is -3.67. The Morgan fingerprint density at radius 2 is 2.15 bits per heavy atom. The van der Waals surface area contributed by atoms with Crippen LogP contribution in [0.25, 0.3) is 22.3 Å². The van der Waals surface area contributed by atoms with Crippen LogP contribution in [0, 0.1) is 24.1 Å². The highest BCUT2D eigenvalue weighted by molar-refractivity contribution is 5.92. The maximum atomic E-state index is 13.6. The van der Waals surface area contributed by atoms with Crippen LogP contribution in [0.2, 0.25) is 0 Å². The van der Waals surface area contributed by atoms with Gasteiger partial charge in [0.1, 0.15) is 41.9 Å². The van der Waals surface area contributed by atoms with Gasteiger partial charge < -0.3 is 23.8 Å². The number of nitrogens with zero attached hydrogens (tertiary/aromatic N) is 3. The predicted octanol–water partition coefficient (Wildman–Crippen LogP) is 4.50. The number of hydrogen-bond acceptors (Lipinski definition) is 5. The molecule has 1 aliphatic heterocycles. The molecule has 0 amide bonds. The molecule has 0 radical (unpaired) electrons. The van der Waals surface area contributed by atoms with E-state index in [1.54, 1.807) is 19.2 Å². The first kappa shape index (κ1) is 21.2. The number of aromatic nitrogens is 3. The molecule has 1 unspecified atom stereocenters. The lowest BCUT2D eigenvalue weighted by Gasteiger charge is -2.25. The largest absolute Gasteiger partial charge is 0.489 e. The predicted molar refractivity (Wildman–Crippen MR) is 121 cm³/mol. The van der Waals surface area contributed by atoms with Gasteiger partial charge in [0.25, 0.3) is 0 Å². The molecule has 33 heavy (non-hydrogen) atoms. The number of imidazole rings is 1. The van der Waals surface area contributed by atoms with Crippen LogP contribution in [0.4, 0.5) is 4.39 Å². The van der Waals surface area contributed by atoms with Crippen molar-refractivity contribution in [2.45, 2.75) is 19.6 Å². The fraction of sp³-hybridized carbons (Fsp3) is 0.280. The number of ether oxygens (including phenoxy) is 3. The van der Waals surface area contributed by atoms with E-state index in [1.165, 1.54) is 12.1 Å². The standard InChI is InChI=1S/C25H23FN4O3/c1-15-11-17(26)4-5-18(15)24-25-29-22(14-30(25)7-8-32-24)21-12-19-20(28-21)6-3-16(13-27)23(19)33-10-9-31-2/h3-6,11-12,14,24,28H,7-10H2,1-2H3. The summed E-state index contributed by atoms with van der Waals surface area (Å²) in [6, 6.07) is 12.5. The van der Waals surface area contributed by atoms with E-state index in [9.17, 15) is 9.65 Å².